The lowest BCUT2D eigenvalue weighted by Gasteiger charge is -2.19. The van der Waals surface area contributed by atoms with E-state index in [1.54, 1.807) is 16.7 Å². The minimum absolute atomic E-state index is 0.00246. The van der Waals surface area contributed by atoms with Crippen molar-refractivity contribution < 1.29 is 9.90 Å². The van der Waals surface area contributed by atoms with Crippen LogP contribution < -0.4 is 0 Å². The Bertz CT molecular complexity index is 337. The topological polar surface area (TPSA) is 40.5 Å². The molecule has 1 aromatic rings. The predicted octanol–water partition coefficient (Wildman–Crippen LogP) is 1.86. The van der Waals surface area contributed by atoms with Crippen molar-refractivity contribution in [3.63, 3.8) is 0 Å². The van der Waals surface area contributed by atoms with Gasteiger partial charge in [0.15, 0.2) is 0 Å². The maximum atomic E-state index is 12.0. The quantitative estimate of drug-likeness (QED) is 0.797. The van der Waals surface area contributed by atoms with Gasteiger partial charge >= 0.3 is 0 Å². The predicted molar refractivity (Wildman–Crippen MR) is 66.9 cm³/mol. The fraction of sp³-hybridized carbons (Fsp3) is 0.417. The van der Waals surface area contributed by atoms with Gasteiger partial charge < -0.3 is 10.0 Å². The third kappa shape index (κ3) is 3.25. The zero-order chi connectivity index (χ0) is 12.0. The van der Waals surface area contributed by atoms with Crippen LogP contribution in [0.3, 0.4) is 0 Å². The summed E-state index contributed by atoms with van der Waals surface area (Å²) in [6.07, 6.45) is 2.00. The molecule has 4 heteroatoms. The molecule has 0 aliphatic heterocycles. The molecule has 0 fully saturated rings. The molecule has 0 saturated heterocycles. The van der Waals surface area contributed by atoms with Crippen molar-refractivity contribution in [3.8, 4) is 0 Å². The number of benzene rings is 1. The first kappa shape index (κ1) is 13.1. The standard InChI is InChI=1S/C12H17NO2S/c1-3-13(8-9-14)12(15)10-4-6-11(16-2)7-5-10/h4-7,14H,3,8-9H2,1-2H3. The second-order valence-corrected chi connectivity index (χ2v) is 4.22. The van der Waals surface area contributed by atoms with Crippen LogP contribution in [-0.2, 0) is 0 Å². The second-order valence-electron chi connectivity index (χ2n) is 3.34. The minimum atomic E-state index is -0.0239. The van der Waals surface area contributed by atoms with Crippen molar-refractivity contribution in [2.45, 2.75) is 11.8 Å². The van der Waals surface area contributed by atoms with E-state index in [1.807, 2.05) is 37.4 Å². The summed E-state index contributed by atoms with van der Waals surface area (Å²) in [6, 6.07) is 7.53. The summed E-state index contributed by atoms with van der Waals surface area (Å²) >= 11 is 1.65. The summed E-state index contributed by atoms with van der Waals surface area (Å²) < 4.78 is 0. The molecule has 88 valence electrons. The molecule has 16 heavy (non-hydrogen) atoms. The van der Waals surface area contributed by atoms with Gasteiger partial charge in [-0.2, -0.15) is 0 Å². The fourth-order valence-electron chi connectivity index (χ4n) is 1.44. The number of rotatable bonds is 5. The summed E-state index contributed by atoms with van der Waals surface area (Å²) in [6.45, 7) is 2.91. The van der Waals surface area contributed by atoms with Crippen LogP contribution in [0.25, 0.3) is 0 Å². The summed E-state index contributed by atoms with van der Waals surface area (Å²) in [4.78, 5) is 14.7. The van der Waals surface area contributed by atoms with Gasteiger partial charge in [-0.05, 0) is 37.4 Å². The van der Waals surface area contributed by atoms with Crippen molar-refractivity contribution in [1.82, 2.24) is 4.90 Å². The van der Waals surface area contributed by atoms with E-state index in [1.165, 1.54) is 0 Å². The lowest BCUT2D eigenvalue weighted by atomic mass is 10.2. The average molecular weight is 239 g/mol. The van der Waals surface area contributed by atoms with Gasteiger partial charge in [-0.25, -0.2) is 0 Å². The van der Waals surface area contributed by atoms with Gasteiger partial charge in [-0.3, -0.25) is 4.79 Å². The van der Waals surface area contributed by atoms with Gasteiger partial charge in [0.05, 0.1) is 6.61 Å². The Morgan fingerprint density at radius 3 is 2.44 bits per heavy atom. The maximum Gasteiger partial charge on any atom is 0.253 e. The highest BCUT2D eigenvalue weighted by atomic mass is 32.2. The van der Waals surface area contributed by atoms with Crippen molar-refractivity contribution >= 4 is 17.7 Å². The van der Waals surface area contributed by atoms with Crippen molar-refractivity contribution in [2.24, 2.45) is 0 Å². The molecule has 1 amide bonds. The molecule has 0 bridgehead atoms. The number of hydrogen-bond donors (Lipinski definition) is 1. The number of carbonyl (C=O) groups excluding carboxylic acids is 1. The third-order valence-corrected chi connectivity index (χ3v) is 3.12. The van der Waals surface area contributed by atoms with Crippen LogP contribution in [0, 0.1) is 0 Å². The van der Waals surface area contributed by atoms with E-state index in [9.17, 15) is 4.79 Å². The molecule has 0 spiro atoms. The Morgan fingerprint density at radius 1 is 1.38 bits per heavy atom. The van der Waals surface area contributed by atoms with E-state index in [2.05, 4.69) is 0 Å². The number of aliphatic hydroxyl groups is 1. The van der Waals surface area contributed by atoms with Crippen LogP contribution in [0.4, 0.5) is 0 Å². The Hall–Kier alpha value is -1.00. The van der Waals surface area contributed by atoms with Crippen LogP contribution in [0.2, 0.25) is 0 Å². The molecule has 0 aromatic heterocycles. The van der Waals surface area contributed by atoms with Crippen LogP contribution in [0.15, 0.2) is 29.2 Å². The number of thioether (sulfide) groups is 1. The molecule has 0 atom stereocenters. The number of aliphatic hydroxyl groups excluding tert-OH is 1. The average Bonchev–Trinajstić information content (AvgIpc) is 2.35. The van der Waals surface area contributed by atoms with Gasteiger partial charge in [0.2, 0.25) is 0 Å². The molecule has 0 unspecified atom stereocenters. The summed E-state index contributed by atoms with van der Waals surface area (Å²) in [5.41, 5.74) is 0.674. The van der Waals surface area contributed by atoms with E-state index in [0.717, 1.165) is 4.90 Å². The van der Waals surface area contributed by atoms with Gasteiger partial charge in [0.1, 0.15) is 0 Å². The summed E-state index contributed by atoms with van der Waals surface area (Å²) in [5.74, 6) is -0.0239. The second kappa shape index (κ2) is 6.55. The number of nitrogens with zero attached hydrogens (tertiary/aromatic N) is 1. The van der Waals surface area contributed by atoms with Crippen LogP contribution in [0.1, 0.15) is 17.3 Å². The molecular formula is C12H17NO2S. The number of likely N-dealkylation sites (N-methyl/N-ethyl adjacent to an activating group) is 1. The van der Waals surface area contributed by atoms with Crippen LogP contribution >= 0.6 is 11.8 Å². The first-order valence-corrected chi connectivity index (χ1v) is 6.49. The Morgan fingerprint density at radius 2 is 2.00 bits per heavy atom. The lowest BCUT2D eigenvalue weighted by Crippen LogP contribution is -2.33. The third-order valence-electron chi connectivity index (χ3n) is 2.38. The van der Waals surface area contributed by atoms with Gasteiger partial charge in [0.25, 0.3) is 5.91 Å². The van der Waals surface area contributed by atoms with Gasteiger partial charge in [-0.1, -0.05) is 0 Å². The molecule has 0 saturated carbocycles. The Balaban J connectivity index is 2.78. The first-order chi connectivity index (χ1) is 7.72. The molecule has 1 rings (SSSR count). The fourth-order valence-corrected chi connectivity index (χ4v) is 1.85. The van der Waals surface area contributed by atoms with Crippen LogP contribution in [-0.4, -0.2) is 41.9 Å². The van der Waals surface area contributed by atoms with Crippen molar-refractivity contribution in [1.29, 1.82) is 0 Å². The molecule has 0 aliphatic rings. The largest absolute Gasteiger partial charge is 0.395 e. The van der Waals surface area contributed by atoms with E-state index in [-0.39, 0.29) is 12.5 Å². The van der Waals surface area contributed by atoms with Crippen LogP contribution in [0.5, 0.6) is 0 Å². The number of hydrogen-bond acceptors (Lipinski definition) is 3. The summed E-state index contributed by atoms with van der Waals surface area (Å²) in [5, 5.41) is 8.85. The number of amides is 1. The zero-order valence-electron chi connectivity index (χ0n) is 9.64. The lowest BCUT2D eigenvalue weighted by molar-refractivity contribution is 0.0732. The highest BCUT2D eigenvalue weighted by molar-refractivity contribution is 7.98. The normalized spacial score (nSPS) is 10.2. The SMILES string of the molecule is CCN(CCO)C(=O)c1ccc(SC)cc1. The maximum absolute atomic E-state index is 12.0. The highest BCUT2D eigenvalue weighted by Gasteiger charge is 2.12. The molecule has 3 nitrogen and oxygen atoms in total. The molecule has 0 heterocycles. The minimum Gasteiger partial charge on any atom is -0.395 e. The zero-order valence-corrected chi connectivity index (χ0v) is 10.5. The van der Waals surface area contributed by atoms with Crippen molar-refractivity contribution in [3.05, 3.63) is 29.8 Å². The van der Waals surface area contributed by atoms with E-state index in [0.29, 0.717) is 18.7 Å². The Labute approximate surface area is 100 Å². The van der Waals surface area contributed by atoms with E-state index in [4.69, 9.17) is 5.11 Å². The van der Waals surface area contributed by atoms with Crippen molar-refractivity contribution in [2.75, 3.05) is 26.0 Å². The number of carbonyl (C=O) groups is 1. The van der Waals surface area contributed by atoms with E-state index >= 15 is 0 Å². The Kier molecular flexibility index (Phi) is 5.35. The first-order valence-electron chi connectivity index (χ1n) is 5.27. The van der Waals surface area contributed by atoms with E-state index < -0.39 is 0 Å². The molecule has 1 aromatic carbocycles. The van der Waals surface area contributed by atoms with Gasteiger partial charge in [0, 0.05) is 23.5 Å². The molecular weight excluding hydrogens is 222 g/mol. The molecule has 0 aliphatic carbocycles. The monoisotopic (exact) mass is 239 g/mol. The molecule has 0 radical (unpaired) electrons. The molecule has 1 N–H and O–H groups in total. The smallest absolute Gasteiger partial charge is 0.253 e. The summed E-state index contributed by atoms with van der Waals surface area (Å²) in [7, 11) is 0. The highest BCUT2D eigenvalue weighted by Crippen LogP contribution is 2.15. The van der Waals surface area contributed by atoms with Gasteiger partial charge in [-0.15, -0.1) is 11.8 Å².